The van der Waals surface area contributed by atoms with Crippen LogP contribution in [-0.2, 0) is 19.9 Å². The Bertz CT molecular complexity index is 998. The van der Waals surface area contributed by atoms with E-state index < -0.39 is 30.1 Å². The molecule has 1 aromatic carbocycles. The van der Waals surface area contributed by atoms with Gasteiger partial charge >= 0.3 is 5.97 Å². The number of carboxylic acids is 2. The summed E-state index contributed by atoms with van der Waals surface area (Å²) in [4.78, 5) is 35.3. The van der Waals surface area contributed by atoms with Gasteiger partial charge in [-0.15, -0.1) is 11.3 Å². The first-order chi connectivity index (χ1) is 17.4. The zero-order valence-electron chi connectivity index (χ0n) is 21.4. The van der Waals surface area contributed by atoms with Gasteiger partial charge in [-0.3, -0.25) is 4.90 Å². The Morgan fingerprint density at radius 1 is 1.00 bits per heavy atom. The lowest BCUT2D eigenvalue weighted by atomic mass is 9.93. The van der Waals surface area contributed by atoms with Crippen molar-refractivity contribution in [1.29, 1.82) is 0 Å². The highest BCUT2D eigenvalue weighted by Gasteiger charge is 2.36. The molecule has 0 saturated heterocycles. The molecule has 0 fully saturated rings. The average molecular weight is 542 g/mol. The number of likely N-dealkylation sites (N-methyl/N-ethyl adjacent to an activating group) is 1. The number of ether oxygens (including phenoxy) is 4. The van der Waals surface area contributed by atoms with E-state index in [0.717, 1.165) is 11.3 Å². The van der Waals surface area contributed by atoms with Crippen LogP contribution in [0.3, 0.4) is 0 Å². The molecular formula is C24H31NO11S-2. The second-order valence-electron chi connectivity index (χ2n) is 7.77. The summed E-state index contributed by atoms with van der Waals surface area (Å²) in [5.74, 6) is -3.29. The molecule has 1 aromatic heterocycles. The average Bonchev–Trinajstić information content (AvgIpc) is 3.42. The van der Waals surface area contributed by atoms with Crippen molar-refractivity contribution in [2.45, 2.75) is 31.1 Å². The molecule has 13 heteroatoms. The SMILES string of the molecule is CCC(COC(=O)c1cc(OC)c(OC)c(OC)c1)(c1cccs1)N(C)C.O=C([O-])[C@H](O)[C@@H](O)C(=O)[O-]. The van der Waals surface area contributed by atoms with Crippen molar-refractivity contribution in [1.82, 2.24) is 4.90 Å². The van der Waals surface area contributed by atoms with Crippen LogP contribution >= 0.6 is 11.3 Å². The van der Waals surface area contributed by atoms with E-state index in [1.165, 1.54) is 21.3 Å². The van der Waals surface area contributed by atoms with Gasteiger partial charge < -0.3 is 49.0 Å². The molecule has 0 bridgehead atoms. The maximum Gasteiger partial charge on any atom is 0.338 e. The van der Waals surface area contributed by atoms with Gasteiger partial charge in [-0.1, -0.05) is 13.0 Å². The van der Waals surface area contributed by atoms with Gasteiger partial charge in [-0.2, -0.15) is 0 Å². The summed E-state index contributed by atoms with van der Waals surface area (Å²) in [6.45, 7) is 2.33. The molecule has 12 nitrogen and oxygen atoms in total. The Balaban J connectivity index is 0.000000580. The maximum absolute atomic E-state index is 12.7. The number of esters is 1. The summed E-state index contributed by atoms with van der Waals surface area (Å²) in [6.07, 6.45) is -4.07. The molecular weight excluding hydrogens is 510 g/mol. The van der Waals surface area contributed by atoms with Crippen molar-refractivity contribution in [3.05, 3.63) is 40.1 Å². The number of hydrogen-bond donors (Lipinski definition) is 2. The number of aliphatic hydroxyl groups is 2. The van der Waals surface area contributed by atoms with Crippen molar-refractivity contribution in [3.8, 4) is 17.2 Å². The van der Waals surface area contributed by atoms with Gasteiger partial charge in [0, 0.05) is 4.88 Å². The van der Waals surface area contributed by atoms with E-state index in [2.05, 4.69) is 17.9 Å². The second kappa shape index (κ2) is 14.4. The third-order valence-corrected chi connectivity index (χ3v) is 6.61. The quantitative estimate of drug-likeness (QED) is 0.314. The molecule has 2 aromatic rings. The molecule has 3 atom stereocenters. The van der Waals surface area contributed by atoms with E-state index in [9.17, 15) is 24.6 Å². The molecule has 2 N–H and O–H groups in total. The highest BCUT2D eigenvalue weighted by Crippen LogP contribution is 2.39. The van der Waals surface area contributed by atoms with Crippen LogP contribution in [0, 0.1) is 0 Å². The van der Waals surface area contributed by atoms with E-state index in [4.69, 9.17) is 29.2 Å². The van der Waals surface area contributed by atoms with Gasteiger partial charge in [0.1, 0.15) is 18.8 Å². The predicted molar refractivity (Wildman–Crippen MR) is 128 cm³/mol. The van der Waals surface area contributed by atoms with Crippen LogP contribution in [0.4, 0.5) is 0 Å². The van der Waals surface area contributed by atoms with Crippen LogP contribution in [0.15, 0.2) is 29.6 Å². The number of rotatable bonds is 12. The molecule has 1 unspecified atom stereocenters. The first kappa shape index (κ1) is 31.6. The van der Waals surface area contributed by atoms with Gasteiger partial charge in [0.05, 0.1) is 44.4 Å². The number of carbonyl (C=O) groups excluding carboxylic acids is 3. The van der Waals surface area contributed by atoms with Gasteiger partial charge in [-0.05, 0) is 44.1 Å². The number of benzene rings is 1. The smallest absolute Gasteiger partial charge is 0.338 e. The van der Waals surface area contributed by atoms with Crippen molar-refractivity contribution in [3.63, 3.8) is 0 Å². The molecule has 37 heavy (non-hydrogen) atoms. The van der Waals surface area contributed by atoms with Crippen LogP contribution in [-0.4, -0.2) is 87.3 Å². The molecule has 206 valence electrons. The largest absolute Gasteiger partial charge is 0.547 e. The first-order valence-electron chi connectivity index (χ1n) is 10.9. The van der Waals surface area contributed by atoms with Crippen LogP contribution in [0.5, 0.6) is 17.2 Å². The topological polar surface area (TPSA) is 178 Å². The molecule has 0 saturated carbocycles. The predicted octanol–water partition coefficient (Wildman–Crippen LogP) is -0.994. The summed E-state index contributed by atoms with van der Waals surface area (Å²) in [7, 11) is 8.54. The summed E-state index contributed by atoms with van der Waals surface area (Å²) in [5, 5.41) is 37.8. The third kappa shape index (κ3) is 7.79. The maximum atomic E-state index is 12.7. The van der Waals surface area contributed by atoms with Crippen LogP contribution in [0.1, 0.15) is 28.6 Å². The number of nitrogens with zero attached hydrogens (tertiary/aromatic N) is 1. The van der Waals surface area contributed by atoms with Crippen LogP contribution in [0.2, 0.25) is 0 Å². The van der Waals surface area contributed by atoms with Crippen molar-refractivity contribution in [2.24, 2.45) is 0 Å². The molecule has 1 heterocycles. The molecule has 0 aliphatic heterocycles. The fraction of sp³-hybridized carbons (Fsp3) is 0.458. The molecule has 0 spiro atoms. The fourth-order valence-corrected chi connectivity index (χ4v) is 4.35. The highest BCUT2D eigenvalue weighted by atomic mass is 32.1. The number of aliphatic carboxylic acids is 2. The fourth-order valence-electron chi connectivity index (χ4n) is 3.28. The lowest BCUT2D eigenvalue weighted by Crippen LogP contribution is -2.51. The van der Waals surface area contributed by atoms with Gasteiger partial charge in [0.15, 0.2) is 11.5 Å². The number of methoxy groups -OCH3 is 3. The van der Waals surface area contributed by atoms with E-state index in [1.54, 1.807) is 23.5 Å². The number of aliphatic hydroxyl groups excluding tert-OH is 2. The minimum atomic E-state index is -2.44. The molecule has 0 amide bonds. The summed E-state index contributed by atoms with van der Waals surface area (Å²) < 4.78 is 21.6. The lowest BCUT2D eigenvalue weighted by molar-refractivity contribution is -0.333. The van der Waals surface area contributed by atoms with Crippen molar-refractivity contribution < 1.29 is 53.8 Å². The molecule has 2 rings (SSSR count). The van der Waals surface area contributed by atoms with E-state index in [-0.39, 0.29) is 12.1 Å². The van der Waals surface area contributed by atoms with Crippen molar-refractivity contribution >= 4 is 29.2 Å². The number of hydrogen-bond acceptors (Lipinski definition) is 13. The summed E-state index contributed by atoms with van der Waals surface area (Å²) in [6, 6.07) is 7.27. The monoisotopic (exact) mass is 541 g/mol. The second-order valence-corrected chi connectivity index (χ2v) is 8.72. The number of carbonyl (C=O) groups is 3. The molecule has 0 aliphatic rings. The Morgan fingerprint density at radius 2 is 1.51 bits per heavy atom. The zero-order valence-corrected chi connectivity index (χ0v) is 22.2. The third-order valence-electron chi connectivity index (χ3n) is 5.55. The molecule has 0 radical (unpaired) electrons. The van der Waals surface area contributed by atoms with Crippen LogP contribution < -0.4 is 24.4 Å². The minimum absolute atomic E-state index is 0.243. The molecule has 0 aliphatic carbocycles. The van der Waals surface area contributed by atoms with E-state index in [1.807, 2.05) is 25.5 Å². The van der Waals surface area contributed by atoms with Crippen molar-refractivity contribution in [2.75, 3.05) is 42.0 Å². The highest BCUT2D eigenvalue weighted by molar-refractivity contribution is 7.10. The van der Waals surface area contributed by atoms with Gasteiger partial charge in [0.25, 0.3) is 0 Å². The van der Waals surface area contributed by atoms with Gasteiger partial charge in [-0.25, -0.2) is 4.79 Å². The Kier molecular flexibility index (Phi) is 12.3. The Morgan fingerprint density at radius 3 is 1.84 bits per heavy atom. The van der Waals surface area contributed by atoms with E-state index in [0.29, 0.717) is 22.8 Å². The summed E-state index contributed by atoms with van der Waals surface area (Å²) >= 11 is 1.66. The summed E-state index contributed by atoms with van der Waals surface area (Å²) in [5.41, 5.74) is -0.0239. The number of carboxylic acid groups (broad SMARTS) is 2. The van der Waals surface area contributed by atoms with Crippen LogP contribution in [0.25, 0.3) is 0 Å². The Hall–Kier alpha value is -3.39. The zero-order chi connectivity index (χ0) is 28.3. The Labute approximate surface area is 218 Å². The number of thiophene rings is 1. The normalized spacial score (nSPS) is 13.9. The van der Waals surface area contributed by atoms with Gasteiger partial charge in [0.2, 0.25) is 5.75 Å². The first-order valence-corrected chi connectivity index (χ1v) is 11.7. The lowest BCUT2D eigenvalue weighted by Gasteiger charge is -2.37. The van der Waals surface area contributed by atoms with E-state index >= 15 is 0 Å². The standard InChI is InChI=1S/C20H27NO5S.C4H6O6/c1-7-20(21(2)3,17-9-8-10-27-17)13-26-19(22)14-11-15(23-4)18(25-6)16(12-14)24-5;5-1(3(7)8)2(6)4(9)10/h8-12H,7,13H2,1-6H3;1-2,5-6H,(H,7,8)(H,9,10)/p-2/t;1-,2-/m.1/s1. The minimum Gasteiger partial charge on any atom is -0.547 e.